The van der Waals surface area contributed by atoms with Crippen LogP contribution in [-0.4, -0.2) is 0 Å². The van der Waals surface area contributed by atoms with Gasteiger partial charge in [0, 0.05) is 9.90 Å². The molecule has 0 bridgehead atoms. The molecule has 0 aliphatic rings. The average molecular weight is 278 g/mol. The minimum atomic E-state index is -0.357. The summed E-state index contributed by atoms with van der Waals surface area (Å²) >= 11 is 7.31. The van der Waals surface area contributed by atoms with Gasteiger partial charge in [-0.05, 0) is 35.2 Å². The highest BCUT2D eigenvalue weighted by atomic mass is 35.5. The topological polar surface area (TPSA) is 26.0 Å². The van der Waals surface area contributed by atoms with Gasteiger partial charge >= 0.3 is 0 Å². The van der Waals surface area contributed by atoms with E-state index in [1.54, 1.807) is 17.4 Å². The van der Waals surface area contributed by atoms with Crippen LogP contribution in [0.15, 0.2) is 35.7 Å². The molecule has 0 aliphatic heterocycles. The molecule has 1 aromatic heterocycles. The summed E-state index contributed by atoms with van der Waals surface area (Å²) in [5, 5.41) is 2.31. The number of rotatable bonds is 2. The van der Waals surface area contributed by atoms with Crippen molar-refractivity contribution >= 4 is 35.3 Å². The Hall–Kier alpha value is -0.610. The highest BCUT2D eigenvalue weighted by Crippen LogP contribution is 2.26. The summed E-state index contributed by atoms with van der Waals surface area (Å²) in [5.74, 6) is -0.357. The first-order valence-corrected chi connectivity index (χ1v) is 5.67. The smallest absolute Gasteiger partial charge is 0.125 e. The number of hydrogen-bond acceptors (Lipinski definition) is 2. The third-order valence-electron chi connectivity index (χ3n) is 2.09. The van der Waals surface area contributed by atoms with Crippen LogP contribution >= 0.6 is 35.3 Å². The van der Waals surface area contributed by atoms with Crippen molar-refractivity contribution in [1.29, 1.82) is 0 Å². The van der Waals surface area contributed by atoms with Crippen LogP contribution in [0, 0.1) is 5.82 Å². The van der Waals surface area contributed by atoms with Crippen molar-refractivity contribution in [3.63, 3.8) is 0 Å². The van der Waals surface area contributed by atoms with Gasteiger partial charge < -0.3 is 5.73 Å². The zero-order valence-electron chi connectivity index (χ0n) is 8.19. The molecule has 2 N–H and O–H groups in total. The van der Waals surface area contributed by atoms with E-state index in [4.69, 9.17) is 17.3 Å². The molecule has 0 saturated heterocycles. The van der Waals surface area contributed by atoms with Gasteiger partial charge in [-0.2, -0.15) is 0 Å². The molecule has 2 rings (SSSR count). The maximum atomic E-state index is 13.1. The fourth-order valence-electron chi connectivity index (χ4n) is 1.39. The van der Waals surface area contributed by atoms with E-state index in [2.05, 4.69) is 0 Å². The van der Waals surface area contributed by atoms with Crippen LogP contribution in [0.1, 0.15) is 16.5 Å². The summed E-state index contributed by atoms with van der Waals surface area (Å²) in [5.41, 5.74) is 6.68. The van der Waals surface area contributed by atoms with Crippen molar-refractivity contribution in [3.05, 3.63) is 57.0 Å². The molecule has 2 aromatic rings. The molecular weight excluding hydrogens is 268 g/mol. The van der Waals surface area contributed by atoms with Gasteiger partial charge in [0.1, 0.15) is 5.82 Å². The van der Waals surface area contributed by atoms with Crippen molar-refractivity contribution in [3.8, 4) is 0 Å². The number of nitrogens with two attached hydrogens (primary N) is 1. The first-order chi connectivity index (χ1) is 7.16. The Morgan fingerprint density at radius 3 is 2.62 bits per heavy atom. The zero-order chi connectivity index (χ0) is 10.8. The molecule has 0 fully saturated rings. The van der Waals surface area contributed by atoms with Crippen LogP contribution in [0.5, 0.6) is 0 Å². The van der Waals surface area contributed by atoms with Crippen LogP contribution in [0.25, 0.3) is 0 Å². The van der Waals surface area contributed by atoms with Crippen molar-refractivity contribution in [2.24, 2.45) is 5.73 Å². The quantitative estimate of drug-likeness (QED) is 0.882. The SMILES string of the molecule is Cl.N[C@@H](c1cc(F)cc(Cl)c1)c1cccs1. The summed E-state index contributed by atoms with van der Waals surface area (Å²) in [6.07, 6.45) is 0. The summed E-state index contributed by atoms with van der Waals surface area (Å²) in [7, 11) is 0. The standard InChI is InChI=1S/C11H9ClFNS.ClH/c12-8-4-7(5-9(13)6-8)11(14)10-2-1-3-15-10;/h1-6,11H,14H2;1H/t11-;/m0./s1. The van der Waals surface area contributed by atoms with Crippen molar-refractivity contribution in [2.75, 3.05) is 0 Å². The van der Waals surface area contributed by atoms with E-state index in [0.29, 0.717) is 10.6 Å². The summed E-state index contributed by atoms with van der Waals surface area (Å²) < 4.78 is 13.1. The van der Waals surface area contributed by atoms with Crippen LogP contribution in [-0.2, 0) is 0 Å². The molecule has 0 unspecified atom stereocenters. The van der Waals surface area contributed by atoms with Crippen LogP contribution in [0.3, 0.4) is 0 Å². The third kappa shape index (κ3) is 2.95. The van der Waals surface area contributed by atoms with Crippen molar-refractivity contribution in [2.45, 2.75) is 6.04 Å². The second-order valence-corrected chi connectivity index (χ2v) is 4.61. The monoisotopic (exact) mass is 277 g/mol. The summed E-state index contributed by atoms with van der Waals surface area (Å²) in [4.78, 5) is 0.997. The molecule has 0 amide bonds. The lowest BCUT2D eigenvalue weighted by Gasteiger charge is -2.10. The molecule has 1 nitrogen and oxygen atoms in total. The largest absolute Gasteiger partial charge is 0.320 e. The molecule has 0 radical (unpaired) electrons. The molecule has 5 heteroatoms. The lowest BCUT2D eigenvalue weighted by Crippen LogP contribution is -2.10. The molecule has 16 heavy (non-hydrogen) atoms. The van der Waals surface area contributed by atoms with Gasteiger partial charge in [-0.3, -0.25) is 0 Å². The normalized spacial score (nSPS) is 11.9. The molecule has 0 spiro atoms. The Morgan fingerprint density at radius 1 is 1.31 bits per heavy atom. The molecule has 0 aliphatic carbocycles. The maximum Gasteiger partial charge on any atom is 0.125 e. The molecular formula is C11H10Cl2FNS. The minimum Gasteiger partial charge on any atom is -0.320 e. The number of thiophene rings is 1. The number of hydrogen-bond donors (Lipinski definition) is 1. The second kappa shape index (κ2) is 5.64. The summed E-state index contributed by atoms with van der Waals surface area (Å²) in [6, 6.07) is 7.91. The van der Waals surface area contributed by atoms with Gasteiger partial charge in [0.25, 0.3) is 0 Å². The Morgan fingerprint density at radius 2 is 2.06 bits per heavy atom. The predicted octanol–water partition coefficient (Wildman–Crippen LogP) is 4.01. The van der Waals surface area contributed by atoms with E-state index in [0.717, 1.165) is 4.88 Å². The first kappa shape index (κ1) is 13.5. The molecule has 86 valence electrons. The van der Waals surface area contributed by atoms with E-state index >= 15 is 0 Å². The van der Waals surface area contributed by atoms with Gasteiger partial charge in [-0.1, -0.05) is 17.7 Å². The highest BCUT2D eigenvalue weighted by Gasteiger charge is 2.11. The van der Waals surface area contributed by atoms with Gasteiger partial charge in [-0.25, -0.2) is 4.39 Å². The van der Waals surface area contributed by atoms with Gasteiger partial charge in [-0.15, -0.1) is 23.7 Å². The highest BCUT2D eigenvalue weighted by molar-refractivity contribution is 7.10. The first-order valence-electron chi connectivity index (χ1n) is 4.42. The van der Waals surface area contributed by atoms with Gasteiger partial charge in [0.05, 0.1) is 6.04 Å². The van der Waals surface area contributed by atoms with Gasteiger partial charge in [0.15, 0.2) is 0 Å². The Bertz CT molecular complexity index is 439. The number of benzene rings is 1. The van der Waals surface area contributed by atoms with Crippen LogP contribution < -0.4 is 5.73 Å². The van der Waals surface area contributed by atoms with E-state index < -0.39 is 0 Å². The predicted molar refractivity (Wildman–Crippen MR) is 69.0 cm³/mol. The summed E-state index contributed by atoms with van der Waals surface area (Å²) in [6.45, 7) is 0. The van der Waals surface area contributed by atoms with Crippen molar-refractivity contribution in [1.82, 2.24) is 0 Å². The third-order valence-corrected chi connectivity index (χ3v) is 3.27. The fraction of sp³-hybridized carbons (Fsp3) is 0.0909. The van der Waals surface area contributed by atoms with Crippen LogP contribution in [0.2, 0.25) is 5.02 Å². The Labute approximate surface area is 108 Å². The minimum absolute atomic E-state index is 0. The fourth-order valence-corrected chi connectivity index (χ4v) is 2.37. The van der Waals surface area contributed by atoms with E-state index in [9.17, 15) is 4.39 Å². The van der Waals surface area contributed by atoms with E-state index in [-0.39, 0.29) is 24.3 Å². The number of halogens is 3. The molecule has 0 saturated carbocycles. The average Bonchev–Trinajstić information content (AvgIpc) is 2.67. The molecule has 1 atom stereocenters. The van der Waals surface area contributed by atoms with Crippen LogP contribution in [0.4, 0.5) is 4.39 Å². The Balaban J connectivity index is 0.00000128. The lowest BCUT2D eigenvalue weighted by atomic mass is 10.1. The zero-order valence-corrected chi connectivity index (χ0v) is 10.6. The van der Waals surface area contributed by atoms with Gasteiger partial charge in [0.2, 0.25) is 0 Å². The van der Waals surface area contributed by atoms with E-state index in [1.807, 2.05) is 17.5 Å². The molecule has 1 aromatic carbocycles. The van der Waals surface area contributed by atoms with E-state index in [1.165, 1.54) is 12.1 Å². The maximum absolute atomic E-state index is 13.1. The second-order valence-electron chi connectivity index (χ2n) is 3.20. The Kier molecular flexibility index (Phi) is 4.74. The lowest BCUT2D eigenvalue weighted by molar-refractivity contribution is 0.624. The molecule has 1 heterocycles. The van der Waals surface area contributed by atoms with Crippen molar-refractivity contribution < 1.29 is 4.39 Å².